The van der Waals surface area contributed by atoms with Crippen molar-refractivity contribution >= 4 is 11.7 Å². The van der Waals surface area contributed by atoms with Crippen molar-refractivity contribution < 1.29 is 18.0 Å². The summed E-state index contributed by atoms with van der Waals surface area (Å²) in [6.07, 6.45) is -0.945. The number of nitrogens with one attached hydrogen (secondary N) is 2. The van der Waals surface area contributed by atoms with Crippen LogP contribution in [0.2, 0.25) is 0 Å². The van der Waals surface area contributed by atoms with Crippen LogP contribution in [0.15, 0.2) is 60.9 Å². The quantitative estimate of drug-likeness (QED) is 0.713. The van der Waals surface area contributed by atoms with Gasteiger partial charge in [-0.2, -0.15) is 18.3 Å². The molecule has 0 radical (unpaired) electrons. The molecular formula is C18H16F3N5O. The van der Waals surface area contributed by atoms with Gasteiger partial charge in [-0.15, -0.1) is 0 Å². The highest BCUT2D eigenvalue weighted by molar-refractivity contribution is 5.89. The Labute approximate surface area is 153 Å². The lowest BCUT2D eigenvalue weighted by atomic mass is 10.2. The molecule has 2 aromatic heterocycles. The molecule has 0 saturated carbocycles. The maximum atomic E-state index is 12.5. The third kappa shape index (κ3) is 5.06. The Morgan fingerprint density at radius 1 is 1.04 bits per heavy atom. The van der Waals surface area contributed by atoms with Gasteiger partial charge >= 0.3 is 12.2 Å². The second-order valence-electron chi connectivity index (χ2n) is 5.64. The molecule has 9 heteroatoms. The molecule has 3 rings (SSSR count). The number of anilines is 1. The number of carbonyl (C=O) groups is 1. The van der Waals surface area contributed by atoms with E-state index in [9.17, 15) is 18.0 Å². The number of aromatic nitrogens is 3. The molecule has 6 nitrogen and oxygen atoms in total. The van der Waals surface area contributed by atoms with Gasteiger partial charge in [0.15, 0.2) is 0 Å². The van der Waals surface area contributed by atoms with Crippen LogP contribution >= 0.6 is 0 Å². The van der Waals surface area contributed by atoms with Gasteiger partial charge in [0.1, 0.15) is 5.69 Å². The highest BCUT2D eigenvalue weighted by Crippen LogP contribution is 2.29. The topological polar surface area (TPSA) is 71.8 Å². The van der Waals surface area contributed by atoms with Crippen LogP contribution in [-0.2, 0) is 12.7 Å². The van der Waals surface area contributed by atoms with E-state index < -0.39 is 17.8 Å². The molecule has 0 aliphatic heterocycles. The van der Waals surface area contributed by atoms with Crippen LogP contribution in [0.1, 0.15) is 5.56 Å². The number of hydrogen-bond acceptors (Lipinski definition) is 3. The number of nitrogens with zero attached hydrogens (tertiary/aromatic N) is 3. The summed E-state index contributed by atoms with van der Waals surface area (Å²) in [5, 5.41) is 9.48. The van der Waals surface area contributed by atoms with E-state index in [-0.39, 0.29) is 5.69 Å². The fourth-order valence-corrected chi connectivity index (χ4v) is 2.34. The van der Waals surface area contributed by atoms with Crippen molar-refractivity contribution in [1.82, 2.24) is 20.1 Å². The van der Waals surface area contributed by atoms with E-state index in [1.807, 2.05) is 24.3 Å². The first kappa shape index (κ1) is 18.4. The Hall–Kier alpha value is -3.36. The first-order valence-electron chi connectivity index (χ1n) is 8.09. The molecule has 3 aromatic rings. The number of benzene rings is 1. The molecule has 2 heterocycles. The van der Waals surface area contributed by atoms with Crippen LogP contribution in [0.4, 0.5) is 23.7 Å². The molecule has 0 atom stereocenters. The monoisotopic (exact) mass is 375 g/mol. The van der Waals surface area contributed by atoms with Crippen molar-refractivity contribution in [3.63, 3.8) is 0 Å². The maximum Gasteiger partial charge on any atom is 0.416 e. The first-order valence-corrected chi connectivity index (χ1v) is 8.09. The second kappa shape index (κ2) is 7.90. The van der Waals surface area contributed by atoms with Gasteiger partial charge in [0.25, 0.3) is 0 Å². The Morgan fingerprint density at radius 3 is 2.48 bits per heavy atom. The molecule has 0 aliphatic rings. The van der Waals surface area contributed by atoms with Gasteiger partial charge in [-0.3, -0.25) is 9.67 Å². The lowest BCUT2D eigenvalue weighted by Crippen LogP contribution is -2.31. The molecular weight excluding hydrogens is 359 g/mol. The Bertz CT molecular complexity index is 891. The predicted molar refractivity (Wildman–Crippen MR) is 93.9 cm³/mol. The largest absolute Gasteiger partial charge is 0.416 e. The molecule has 0 spiro atoms. The fourth-order valence-electron chi connectivity index (χ4n) is 2.34. The number of amides is 2. The van der Waals surface area contributed by atoms with Crippen LogP contribution in [0, 0.1) is 0 Å². The Morgan fingerprint density at radius 2 is 1.81 bits per heavy atom. The molecule has 0 saturated heterocycles. The average Bonchev–Trinajstić information content (AvgIpc) is 3.11. The summed E-state index contributed by atoms with van der Waals surface area (Å²) < 4.78 is 39.2. The van der Waals surface area contributed by atoms with E-state index in [0.29, 0.717) is 13.1 Å². The van der Waals surface area contributed by atoms with Crippen molar-refractivity contribution in [3.8, 4) is 11.4 Å². The summed E-state index contributed by atoms with van der Waals surface area (Å²) in [6.45, 7) is 0.739. The number of alkyl halides is 3. The molecule has 0 bridgehead atoms. The lowest BCUT2D eigenvalue weighted by molar-refractivity contribution is -0.137. The number of pyridine rings is 1. The number of hydrogen-bond donors (Lipinski definition) is 2. The molecule has 0 aliphatic carbocycles. The summed E-state index contributed by atoms with van der Waals surface area (Å²) in [7, 11) is 0. The Kier molecular flexibility index (Phi) is 5.39. The summed E-state index contributed by atoms with van der Waals surface area (Å²) in [6, 6.07) is 11.1. The van der Waals surface area contributed by atoms with Crippen molar-refractivity contribution in [2.45, 2.75) is 12.7 Å². The minimum Gasteiger partial charge on any atom is -0.336 e. The van der Waals surface area contributed by atoms with Crippen molar-refractivity contribution in [1.29, 1.82) is 0 Å². The van der Waals surface area contributed by atoms with Crippen molar-refractivity contribution in [2.24, 2.45) is 0 Å². The van der Waals surface area contributed by atoms with Crippen LogP contribution in [0.5, 0.6) is 0 Å². The zero-order valence-electron chi connectivity index (χ0n) is 14.1. The standard InChI is InChI=1S/C18H16F3N5O/c19-18(20,21)13-4-6-14(7-5-13)24-17(27)23-10-12-26-11-8-16(25-26)15-3-1-2-9-22-15/h1-9,11H,10,12H2,(H2,23,24,27). The number of carbonyl (C=O) groups excluding carboxylic acids is 1. The van der Waals surface area contributed by atoms with E-state index in [0.717, 1.165) is 23.5 Å². The highest BCUT2D eigenvalue weighted by Gasteiger charge is 2.29. The van der Waals surface area contributed by atoms with E-state index in [2.05, 4.69) is 20.7 Å². The first-order chi connectivity index (χ1) is 12.9. The maximum absolute atomic E-state index is 12.5. The fraction of sp³-hybridized carbons (Fsp3) is 0.167. The molecule has 2 amide bonds. The third-order valence-electron chi connectivity index (χ3n) is 3.66. The number of rotatable bonds is 5. The van der Waals surface area contributed by atoms with Gasteiger partial charge in [0.2, 0.25) is 0 Å². The molecule has 27 heavy (non-hydrogen) atoms. The van der Waals surface area contributed by atoms with Crippen LogP contribution in [0.3, 0.4) is 0 Å². The Balaban J connectivity index is 1.47. The summed E-state index contributed by atoms with van der Waals surface area (Å²) in [5.74, 6) is 0. The molecule has 1 aromatic carbocycles. The minimum absolute atomic E-state index is 0.275. The summed E-state index contributed by atoms with van der Waals surface area (Å²) in [5.41, 5.74) is 0.988. The minimum atomic E-state index is -4.40. The van der Waals surface area contributed by atoms with Crippen molar-refractivity contribution in [3.05, 3.63) is 66.5 Å². The van der Waals surface area contributed by atoms with Gasteiger partial charge in [-0.25, -0.2) is 4.79 Å². The average molecular weight is 375 g/mol. The van der Waals surface area contributed by atoms with Crippen molar-refractivity contribution in [2.75, 3.05) is 11.9 Å². The van der Waals surface area contributed by atoms with E-state index in [4.69, 9.17) is 0 Å². The second-order valence-corrected chi connectivity index (χ2v) is 5.64. The summed E-state index contributed by atoms with van der Waals surface area (Å²) in [4.78, 5) is 16.0. The normalized spacial score (nSPS) is 11.2. The zero-order chi connectivity index (χ0) is 19.3. The third-order valence-corrected chi connectivity index (χ3v) is 3.66. The summed E-state index contributed by atoms with van der Waals surface area (Å²) >= 11 is 0. The highest BCUT2D eigenvalue weighted by atomic mass is 19.4. The van der Waals surface area contributed by atoms with Gasteiger partial charge in [-0.05, 0) is 42.5 Å². The molecule has 2 N–H and O–H groups in total. The van der Waals surface area contributed by atoms with Gasteiger partial charge < -0.3 is 10.6 Å². The SMILES string of the molecule is O=C(NCCn1ccc(-c2ccccn2)n1)Nc1ccc(C(F)(F)F)cc1. The molecule has 140 valence electrons. The van der Waals surface area contributed by atoms with Crippen LogP contribution in [0.25, 0.3) is 11.4 Å². The predicted octanol–water partition coefficient (Wildman–Crippen LogP) is 3.79. The molecule has 0 unspecified atom stereocenters. The molecule has 0 fully saturated rings. The van der Waals surface area contributed by atoms with E-state index >= 15 is 0 Å². The zero-order valence-corrected chi connectivity index (χ0v) is 14.1. The number of urea groups is 1. The lowest BCUT2D eigenvalue weighted by Gasteiger charge is -2.10. The van der Waals surface area contributed by atoms with Gasteiger partial charge in [0.05, 0.1) is 17.8 Å². The van der Waals surface area contributed by atoms with Gasteiger partial charge in [0, 0.05) is 24.6 Å². The van der Waals surface area contributed by atoms with E-state index in [1.54, 1.807) is 17.1 Å². The van der Waals surface area contributed by atoms with Crippen LogP contribution in [-0.4, -0.2) is 27.3 Å². The number of halogens is 3. The van der Waals surface area contributed by atoms with Crippen LogP contribution < -0.4 is 10.6 Å². The van der Waals surface area contributed by atoms with E-state index in [1.165, 1.54) is 12.1 Å². The van der Waals surface area contributed by atoms with Gasteiger partial charge in [-0.1, -0.05) is 6.07 Å². The smallest absolute Gasteiger partial charge is 0.336 e.